The second-order valence-corrected chi connectivity index (χ2v) is 5.35. The Morgan fingerprint density at radius 1 is 1.22 bits per heavy atom. The van der Waals surface area contributed by atoms with Gasteiger partial charge < -0.3 is 14.8 Å². The Kier molecular flexibility index (Phi) is 6.44. The van der Waals surface area contributed by atoms with Gasteiger partial charge in [0.1, 0.15) is 0 Å². The zero-order valence-electron chi connectivity index (χ0n) is 14.4. The van der Waals surface area contributed by atoms with Gasteiger partial charge in [-0.3, -0.25) is 9.59 Å². The average Bonchev–Trinajstić information content (AvgIpc) is 3.15. The predicted molar refractivity (Wildman–Crippen MR) is 96.8 cm³/mol. The average molecular weight is 364 g/mol. The first-order valence-electron chi connectivity index (χ1n) is 7.97. The molecular weight excluding hydrogens is 348 g/mol. The number of ketones is 2. The fraction of sp³-hybridized carbons (Fsp3) is 0.100. The molecule has 1 aromatic heterocycles. The minimum Gasteiger partial charge on any atom is -0.502 e. The molecule has 0 amide bonds. The summed E-state index contributed by atoms with van der Waals surface area (Å²) < 4.78 is 4.56. The maximum atomic E-state index is 12.4. The number of hydrogen-bond acceptors (Lipinski definition) is 6. The molecule has 7 nitrogen and oxygen atoms in total. The minimum atomic E-state index is -0.977. The van der Waals surface area contributed by atoms with E-state index in [1.165, 1.54) is 12.3 Å². The molecule has 136 valence electrons. The van der Waals surface area contributed by atoms with Gasteiger partial charge in [0.15, 0.2) is 11.6 Å². The van der Waals surface area contributed by atoms with Gasteiger partial charge in [-0.15, -0.1) is 0 Å². The summed E-state index contributed by atoms with van der Waals surface area (Å²) in [6, 6.07) is 9.78. The topological polar surface area (TPSA) is 120 Å². The number of aromatic nitrogens is 1. The van der Waals surface area contributed by atoms with Gasteiger partial charge >= 0.3 is 5.97 Å². The number of hydrogen-bond donors (Lipinski definition) is 2. The summed E-state index contributed by atoms with van der Waals surface area (Å²) in [4.78, 5) is 38.2. The summed E-state index contributed by atoms with van der Waals surface area (Å²) in [7, 11) is 0. The number of rotatable bonds is 7. The van der Waals surface area contributed by atoms with E-state index in [4.69, 9.17) is 5.26 Å². The van der Waals surface area contributed by atoms with Crippen molar-refractivity contribution in [1.82, 2.24) is 4.98 Å². The molecule has 0 aliphatic heterocycles. The fourth-order valence-corrected chi connectivity index (χ4v) is 2.12. The van der Waals surface area contributed by atoms with E-state index in [-0.39, 0.29) is 12.4 Å². The SMILES string of the molecule is CCOC(=O)/C(O)=C/C(=O)/C=C/c1cc(C(=O)c2ccc(C#N)cc2)c[nH]1. The number of carbonyl (C=O) groups excluding carboxylic acids is 3. The normalized spacial score (nSPS) is 11.2. The lowest BCUT2D eigenvalue weighted by molar-refractivity contribution is -0.141. The van der Waals surface area contributed by atoms with Gasteiger partial charge in [-0.25, -0.2) is 4.79 Å². The summed E-state index contributed by atoms with van der Waals surface area (Å²) in [6.07, 6.45) is 4.79. The highest BCUT2D eigenvalue weighted by atomic mass is 16.5. The van der Waals surface area contributed by atoms with Crippen LogP contribution in [-0.2, 0) is 14.3 Å². The third-order valence-corrected chi connectivity index (χ3v) is 3.43. The Morgan fingerprint density at radius 2 is 1.93 bits per heavy atom. The zero-order chi connectivity index (χ0) is 19.8. The van der Waals surface area contributed by atoms with Crippen molar-refractivity contribution in [2.75, 3.05) is 6.61 Å². The molecule has 0 bridgehead atoms. The number of esters is 1. The number of benzene rings is 1. The van der Waals surface area contributed by atoms with Crippen molar-refractivity contribution >= 4 is 23.6 Å². The third-order valence-electron chi connectivity index (χ3n) is 3.43. The number of nitrogens with one attached hydrogen (secondary N) is 1. The van der Waals surface area contributed by atoms with E-state index >= 15 is 0 Å². The molecule has 7 heteroatoms. The zero-order valence-corrected chi connectivity index (χ0v) is 14.4. The molecule has 0 spiro atoms. The number of aromatic amines is 1. The molecule has 0 aliphatic carbocycles. The Labute approximate surface area is 155 Å². The number of nitriles is 1. The number of nitrogens with zero attached hydrogens (tertiary/aromatic N) is 1. The molecule has 27 heavy (non-hydrogen) atoms. The minimum absolute atomic E-state index is 0.0826. The van der Waals surface area contributed by atoms with Crippen LogP contribution < -0.4 is 0 Å². The van der Waals surface area contributed by atoms with E-state index in [1.54, 1.807) is 37.3 Å². The highest BCUT2D eigenvalue weighted by Gasteiger charge is 2.11. The van der Waals surface area contributed by atoms with Gasteiger partial charge in [0.25, 0.3) is 0 Å². The highest BCUT2D eigenvalue weighted by Crippen LogP contribution is 2.13. The van der Waals surface area contributed by atoms with E-state index in [0.29, 0.717) is 22.4 Å². The number of ether oxygens (including phenoxy) is 1. The molecule has 0 unspecified atom stereocenters. The van der Waals surface area contributed by atoms with Gasteiger partial charge in [-0.2, -0.15) is 5.26 Å². The van der Waals surface area contributed by atoms with Gasteiger partial charge in [0, 0.05) is 29.1 Å². The van der Waals surface area contributed by atoms with Crippen LogP contribution in [-0.4, -0.2) is 34.2 Å². The van der Waals surface area contributed by atoms with E-state index < -0.39 is 17.5 Å². The Morgan fingerprint density at radius 3 is 2.56 bits per heavy atom. The standard InChI is InChI=1S/C20H16N2O5/c1-2-27-20(26)18(24)10-17(23)8-7-16-9-15(12-22-16)19(25)14-5-3-13(11-21)4-6-14/h3-10,12,22,24H,2H2,1H3/b8-7+,18-10-. The van der Waals surface area contributed by atoms with Crippen LogP contribution in [0.5, 0.6) is 0 Å². The van der Waals surface area contributed by atoms with Crippen LogP contribution in [0.15, 0.2) is 54.4 Å². The fourth-order valence-electron chi connectivity index (χ4n) is 2.12. The number of allylic oxidation sites excluding steroid dienone is 2. The molecule has 0 saturated heterocycles. The van der Waals surface area contributed by atoms with Crippen LogP contribution in [0.4, 0.5) is 0 Å². The third kappa shape index (κ3) is 5.28. The largest absolute Gasteiger partial charge is 0.502 e. The van der Waals surface area contributed by atoms with Gasteiger partial charge in [0.05, 0.1) is 18.2 Å². The van der Waals surface area contributed by atoms with E-state index in [1.807, 2.05) is 6.07 Å². The van der Waals surface area contributed by atoms with Crippen LogP contribution in [0.3, 0.4) is 0 Å². The lowest BCUT2D eigenvalue weighted by atomic mass is 10.0. The summed E-state index contributed by atoms with van der Waals surface area (Å²) in [5.74, 6) is -2.61. The van der Waals surface area contributed by atoms with Crippen molar-refractivity contribution in [1.29, 1.82) is 5.26 Å². The Hall–Kier alpha value is -3.92. The Balaban J connectivity index is 2.06. The summed E-state index contributed by atoms with van der Waals surface area (Å²) in [5, 5.41) is 18.2. The summed E-state index contributed by atoms with van der Waals surface area (Å²) >= 11 is 0. The van der Waals surface area contributed by atoms with E-state index in [2.05, 4.69) is 9.72 Å². The van der Waals surface area contributed by atoms with Gasteiger partial charge in [-0.05, 0) is 49.4 Å². The van der Waals surface area contributed by atoms with Crippen LogP contribution in [0.1, 0.15) is 34.1 Å². The quantitative estimate of drug-likeness (QED) is 0.337. The van der Waals surface area contributed by atoms with Crippen molar-refractivity contribution in [3.63, 3.8) is 0 Å². The first kappa shape index (κ1) is 19.4. The number of aliphatic hydroxyl groups excluding tert-OH is 1. The van der Waals surface area contributed by atoms with Crippen LogP contribution >= 0.6 is 0 Å². The summed E-state index contributed by atoms with van der Waals surface area (Å²) in [6.45, 7) is 1.66. The van der Waals surface area contributed by atoms with E-state index in [0.717, 1.165) is 12.2 Å². The van der Waals surface area contributed by atoms with Crippen LogP contribution in [0, 0.1) is 11.3 Å². The molecule has 0 atom stereocenters. The molecular formula is C20H16N2O5. The number of aliphatic hydroxyl groups is 1. The monoisotopic (exact) mass is 364 g/mol. The molecule has 1 heterocycles. The summed E-state index contributed by atoms with van der Waals surface area (Å²) in [5.41, 5.74) is 1.77. The Bertz CT molecular complexity index is 959. The van der Waals surface area contributed by atoms with Gasteiger partial charge in [-0.1, -0.05) is 0 Å². The van der Waals surface area contributed by atoms with Gasteiger partial charge in [0.2, 0.25) is 5.76 Å². The molecule has 1 aromatic carbocycles. The molecule has 2 aromatic rings. The first-order chi connectivity index (χ1) is 12.9. The molecule has 2 rings (SSSR count). The second-order valence-electron chi connectivity index (χ2n) is 5.35. The molecule has 0 aliphatic rings. The van der Waals surface area contributed by atoms with Crippen molar-refractivity contribution in [3.8, 4) is 6.07 Å². The maximum absolute atomic E-state index is 12.4. The van der Waals surface area contributed by atoms with Crippen molar-refractivity contribution in [2.24, 2.45) is 0 Å². The lowest BCUT2D eigenvalue weighted by Crippen LogP contribution is -2.08. The number of H-pyrrole nitrogens is 1. The highest BCUT2D eigenvalue weighted by molar-refractivity contribution is 6.09. The van der Waals surface area contributed by atoms with Crippen LogP contribution in [0.25, 0.3) is 6.08 Å². The first-order valence-corrected chi connectivity index (χ1v) is 7.97. The molecule has 2 N–H and O–H groups in total. The number of carbonyl (C=O) groups is 3. The van der Waals surface area contributed by atoms with Crippen LogP contribution in [0.2, 0.25) is 0 Å². The predicted octanol–water partition coefficient (Wildman–Crippen LogP) is 2.70. The molecule has 0 radical (unpaired) electrons. The van der Waals surface area contributed by atoms with Crippen molar-refractivity contribution in [2.45, 2.75) is 6.92 Å². The van der Waals surface area contributed by atoms with Crippen molar-refractivity contribution < 1.29 is 24.2 Å². The molecule has 0 fully saturated rings. The van der Waals surface area contributed by atoms with E-state index in [9.17, 15) is 19.5 Å². The smallest absolute Gasteiger partial charge is 0.373 e. The second kappa shape index (κ2) is 8.97. The maximum Gasteiger partial charge on any atom is 0.373 e. The van der Waals surface area contributed by atoms with Crippen molar-refractivity contribution in [3.05, 3.63) is 76.8 Å². The molecule has 0 saturated carbocycles. The lowest BCUT2D eigenvalue weighted by Gasteiger charge is -1.98.